The highest BCUT2D eigenvalue weighted by Crippen LogP contribution is 2.27. The Balaban J connectivity index is 1.23. The van der Waals surface area contributed by atoms with Crippen molar-refractivity contribution in [3.63, 3.8) is 0 Å². The summed E-state index contributed by atoms with van der Waals surface area (Å²) in [5.74, 6) is 0.0501. The van der Waals surface area contributed by atoms with E-state index in [4.69, 9.17) is 4.74 Å². The SMILES string of the molecule is Cc1cc(C[C@@H](OC(=O)N2CCC(N3CCc4ccccc4NC3=O)CC2)C(=O)N2CCN(C(C)C)CC2)cc(C)c1O. The van der Waals surface area contributed by atoms with Gasteiger partial charge in [0.15, 0.2) is 6.10 Å². The predicted molar refractivity (Wildman–Crippen MR) is 165 cm³/mol. The van der Waals surface area contributed by atoms with Crippen LogP contribution in [0.3, 0.4) is 0 Å². The summed E-state index contributed by atoms with van der Waals surface area (Å²) in [5.41, 5.74) is 4.27. The van der Waals surface area contributed by atoms with Gasteiger partial charge >= 0.3 is 12.1 Å². The molecule has 0 saturated carbocycles. The number of benzene rings is 2. The second-order valence-corrected chi connectivity index (χ2v) is 12.4. The fourth-order valence-electron chi connectivity index (χ4n) is 6.51. The molecule has 2 N–H and O–H groups in total. The van der Waals surface area contributed by atoms with E-state index in [2.05, 4.69) is 24.1 Å². The molecule has 2 fully saturated rings. The first-order chi connectivity index (χ1) is 20.6. The summed E-state index contributed by atoms with van der Waals surface area (Å²) in [6.45, 7) is 12.2. The number of carbonyl (C=O) groups is 3. The summed E-state index contributed by atoms with van der Waals surface area (Å²) in [5, 5.41) is 13.3. The van der Waals surface area contributed by atoms with Crippen LogP contribution in [0, 0.1) is 13.8 Å². The molecule has 0 bridgehead atoms. The number of piperazine rings is 1. The molecule has 2 saturated heterocycles. The van der Waals surface area contributed by atoms with Crippen molar-refractivity contribution < 1.29 is 24.2 Å². The molecular weight excluding hydrogens is 546 g/mol. The minimum Gasteiger partial charge on any atom is -0.507 e. The number of nitrogens with one attached hydrogen (secondary N) is 1. The number of aryl methyl sites for hydroxylation is 2. The topological polar surface area (TPSA) is 106 Å². The molecule has 10 heteroatoms. The minimum atomic E-state index is -0.964. The van der Waals surface area contributed by atoms with E-state index in [9.17, 15) is 19.5 Å². The second kappa shape index (κ2) is 13.2. The monoisotopic (exact) mass is 591 g/mol. The van der Waals surface area contributed by atoms with Crippen LogP contribution in [0.4, 0.5) is 15.3 Å². The Hall–Kier alpha value is -3.79. The van der Waals surface area contributed by atoms with E-state index in [1.807, 2.05) is 55.1 Å². The van der Waals surface area contributed by atoms with Crippen molar-refractivity contribution in [1.29, 1.82) is 0 Å². The lowest BCUT2D eigenvalue weighted by atomic mass is 10.0. The van der Waals surface area contributed by atoms with Crippen LogP contribution in [-0.2, 0) is 22.4 Å². The minimum absolute atomic E-state index is 0.0241. The van der Waals surface area contributed by atoms with Crippen LogP contribution in [-0.4, -0.2) is 107 Å². The molecule has 0 aromatic heterocycles. The smallest absolute Gasteiger partial charge is 0.410 e. The summed E-state index contributed by atoms with van der Waals surface area (Å²) in [6.07, 6.45) is 0.840. The number of piperidine rings is 1. The zero-order valence-corrected chi connectivity index (χ0v) is 25.8. The molecule has 0 unspecified atom stereocenters. The van der Waals surface area contributed by atoms with Gasteiger partial charge in [-0.15, -0.1) is 0 Å². The highest BCUT2D eigenvalue weighted by molar-refractivity contribution is 5.91. The highest BCUT2D eigenvalue weighted by Gasteiger charge is 2.35. The molecule has 4 amide bonds. The van der Waals surface area contributed by atoms with Gasteiger partial charge in [-0.3, -0.25) is 9.69 Å². The third-order valence-corrected chi connectivity index (χ3v) is 9.15. The molecule has 2 aromatic rings. The first-order valence-electron chi connectivity index (χ1n) is 15.5. The first kappa shape index (κ1) is 30.7. The van der Waals surface area contributed by atoms with Crippen molar-refractivity contribution in [3.05, 3.63) is 58.7 Å². The molecule has 43 heavy (non-hydrogen) atoms. The Morgan fingerprint density at radius 2 is 1.60 bits per heavy atom. The quantitative estimate of drug-likeness (QED) is 0.523. The number of urea groups is 1. The van der Waals surface area contributed by atoms with Gasteiger partial charge in [-0.05, 0) is 75.3 Å². The third kappa shape index (κ3) is 7.06. The van der Waals surface area contributed by atoms with Crippen LogP contribution in [0.2, 0.25) is 0 Å². The number of rotatable bonds is 6. The van der Waals surface area contributed by atoms with Crippen molar-refractivity contribution in [1.82, 2.24) is 19.6 Å². The number of aromatic hydroxyl groups is 1. The Labute approximate surface area is 254 Å². The first-order valence-corrected chi connectivity index (χ1v) is 15.5. The number of anilines is 1. The molecule has 0 radical (unpaired) electrons. The Kier molecular flexibility index (Phi) is 9.44. The zero-order valence-electron chi connectivity index (χ0n) is 25.8. The van der Waals surface area contributed by atoms with E-state index in [-0.39, 0.29) is 30.2 Å². The summed E-state index contributed by atoms with van der Waals surface area (Å²) >= 11 is 0. The number of fused-ring (bicyclic) bond motifs is 1. The lowest BCUT2D eigenvalue weighted by Crippen LogP contribution is -2.54. The van der Waals surface area contributed by atoms with Crippen molar-refractivity contribution in [3.8, 4) is 5.75 Å². The second-order valence-electron chi connectivity index (χ2n) is 12.4. The van der Waals surface area contributed by atoms with Crippen LogP contribution in [0.15, 0.2) is 36.4 Å². The molecule has 0 spiro atoms. The number of phenols is 1. The average Bonchev–Trinajstić information content (AvgIpc) is 3.17. The number of amides is 4. The average molecular weight is 592 g/mol. The summed E-state index contributed by atoms with van der Waals surface area (Å²) in [4.78, 5) is 47.9. The van der Waals surface area contributed by atoms with Crippen molar-refractivity contribution in [2.45, 2.75) is 71.6 Å². The molecule has 3 aliphatic rings. The van der Waals surface area contributed by atoms with Gasteiger partial charge in [0.25, 0.3) is 5.91 Å². The largest absolute Gasteiger partial charge is 0.507 e. The third-order valence-electron chi connectivity index (χ3n) is 9.15. The standard InChI is InChI=1S/C33H45N5O5/c1-22(2)35-15-17-36(18-16-35)31(40)29(21-25-19-23(3)30(39)24(4)20-25)43-33(42)37-12-10-27(11-13-37)38-14-9-26-7-5-6-8-28(26)34-32(38)41/h5-8,19-20,22,27,29,39H,9-18,21H2,1-4H3,(H,34,41)/t29-/m1/s1. The van der Waals surface area contributed by atoms with Crippen molar-refractivity contribution in [2.75, 3.05) is 51.1 Å². The van der Waals surface area contributed by atoms with Gasteiger partial charge in [0.2, 0.25) is 0 Å². The molecule has 3 heterocycles. The molecule has 5 rings (SSSR count). The molecule has 2 aromatic carbocycles. The lowest BCUT2D eigenvalue weighted by molar-refractivity contribution is -0.143. The summed E-state index contributed by atoms with van der Waals surface area (Å²) in [6, 6.07) is 11.9. The van der Waals surface area contributed by atoms with Gasteiger partial charge in [0.05, 0.1) is 0 Å². The van der Waals surface area contributed by atoms with E-state index in [1.165, 1.54) is 0 Å². The van der Waals surface area contributed by atoms with Gasteiger partial charge < -0.3 is 29.9 Å². The fourth-order valence-corrected chi connectivity index (χ4v) is 6.51. The number of phenolic OH excluding ortho intramolecular Hbond substituents is 1. The number of hydrogen-bond acceptors (Lipinski definition) is 6. The van der Waals surface area contributed by atoms with Crippen LogP contribution < -0.4 is 5.32 Å². The van der Waals surface area contributed by atoms with E-state index in [0.29, 0.717) is 51.6 Å². The molecule has 3 aliphatic heterocycles. The fraction of sp³-hybridized carbons (Fsp3) is 0.545. The maximum atomic E-state index is 13.8. The molecule has 0 aliphatic carbocycles. The maximum absolute atomic E-state index is 13.8. The number of ether oxygens (including phenoxy) is 1. The highest BCUT2D eigenvalue weighted by atomic mass is 16.6. The van der Waals surface area contributed by atoms with Crippen molar-refractivity contribution >= 4 is 23.7 Å². The number of nitrogens with zero attached hydrogens (tertiary/aromatic N) is 4. The zero-order chi connectivity index (χ0) is 30.7. The van der Waals surface area contributed by atoms with Crippen molar-refractivity contribution in [2.24, 2.45) is 0 Å². The molecule has 10 nitrogen and oxygen atoms in total. The van der Waals surface area contributed by atoms with Gasteiger partial charge in [-0.25, -0.2) is 9.59 Å². The molecule has 232 valence electrons. The van der Waals surface area contributed by atoms with E-state index >= 15 is 0 Å². The molecule has 1 atom stereocenters. The number of carbonyl (C=O) groups excluding carboxylic acids is 3. The van der Waals surface area contributed by atoms with Gasteiger partial charge in [0.1, 0.15) is 5.75 Å². The van der Waals surface area contributed by atoms with E-state index < -0.39 is 12.2 Å². The Morgan fingerprint density at radius 3 is 2.26 bits per heavy atom. The summed E-state index contributed by atoms with van der Waals surface area (Å²) in [7, 11) is 0. The van der Waals surface area contributed by atoms with Gasteiger partial charge in [0, 0.05) is 70.0 Å². The number of likely N-dealkylation sites (tertiary alicyclic amines) is 1. The predicted octanol–water partition coefficient (Wildman–Crippen LogP) is 4.16. The molecular formula is C33H45N5O5. The number of hydrogen-bond donors (Lipinski definition) is 2. The van der Waals surface area contributed by atoms with Gasteiger partial charge in [-0.2, -0.15) is 0 Å². The van der Waals surface area contributed by atoms with E-state index in [0.717, 1.165) is 47.5 Å². The van der Waals surface area contributed by atoms with Crippen LogP contribution in [0.1, 0.15) is 48.9 Å². The Bertz CT molecular complexity index is 1310. The lowest BCUT2D eigenvalue weighted by Gasteiger charge is -2.39. The number of para-hydroxylation sites is 1. The van der Waals surface area contributed by atoms with Crippen LogP contribution in [0.25, 0.3) is 0 Å². The van der Waals surface area contributed by atoms with Gasteiger partial charge in [-0.1, -0.05) is 30.3 Å². The Morgan fingerprint density at radius 1 is 0.953 bits per heavy atom. The van der Waals surface area contributed by atoms with E-state index in [1.54, 1.807) is 9.80 Å². The van der Waals surface area contributed by atoms with Crippen LogP contribution >= 0.6 is 0 Å². The van der Waals surface area contributed by atoms with Crippen LogP contribution in [0.5, 0.6) is 5.75 Å². The summed E-state index contributed by atoms with van der Waals surface area (Å²) < 4.78 is 5.98. The maximum Gasteiger partial charge on any atom is 0.410 e. The normalized spacial score (nSPS) is 19.1.